The molecule has 0 bridgehead atoms. The first-order valence-corrected chi connectivity index (χ1v) is 7.36. The van der Waals surface area contributed by atoms with E-state index in [-0.39, 0.29) is 0 Å². The molecule has 4 aromatic rings. The number of fused-ring (bicyclic) bond motifs is 2. The minimum absolute atomic E-state index is 0.622. The van der Waals surface area contributed by atoms with Gasteiger partial charge in [0.25, 0.3) is 0 Å². The number of anilines is 1. The summed E-state index contributed by atoms with van der Waals surface area (Å²) in [5.74, 6) is 0.788. The van der Waals surface area contributed by atoms with E-state index >= 15 is 0 Å². The van der Waals surface area contributed by atoms with Crippen LogP contribution >= 0.6 is 0 Å². The third kappa shape index (κ3) is 2.51. The summed E-state index contributed by atoms with van der Waals surface area (Å²) >= 11 is 0. The standard InChI is InChI=1S/C16H16N6O/c1-23-7-6-17-14-8-11(10-4-5-18-15(10)22-14)12-2-3-13-16(21-12)20-9-19-13/h2-5,8-9H,6-7H2,1H3,(H2,17,18,22)(H,19,20,21). The van der Waals surface area contributed by atoms with Gasteiger partial charge in [-0.1, -0.05) is 0 Å². The Balaban J connectivity index is 1.81. The monoisotopic (exact) mass is 308 g/mol. The smallest absolute Gasteiger partial charge is 0.177 e. The molecule has 0 saturated carbocycles. The first-order valence-electron chi connectivity index (χ1n) is 7.36. The van der Waals surface area contributed by atoms with E-state index in [0.717, 1.165) is 33.6 Å². The highest BCUT2D eigenvalue weighted by atomic mass is 16.5. The second-order valence-electron chi connectivity index (χ2n) is 5.18. The van der Waals surface area contributed by atoms with Crippen molar-refractivity contribution in [2.24, 2.45) is 0 Å². The van der Waals surface area contributed by atoms with Gasteiger partial charge < -0.3 is 20.0 Å². The van der Waals surface area contributed by atoms with Crippen molar-refractivity contribution in [3.8, 4) is 11.3 Å². The van der Waals surface area contributed by atoms with E-state index in [2.05, 4.69) is 30.2 Å². The van der Waals surface area contributed by atoms with Crippen LogP contribution in [0.3, 0.4) is 0 Å². The van der Waals surface area contributed by atoms with Crippen molar-refractivity contribution in [2.45, 2.75) is 0 Å². The zero-order valence-corrected chi connectivity index (χ0v) is 12.6. The summed E-state index contributed by atoms with van der Waals surface area (Å²) in [6.45, 7) is 1.32. The fraction of sp³-hybridized carbons (Fsp3) is 0.188. The Morgan fingerprint density at radius 1 is 1.17 bits per heavy atom. The summed E-state index contributed by atoms with van der Waals surface area (Å²) in [5.41, 5.74) is 4.34. The molecule has 0 aliphatic carbocycles. The number of imidazole rings is 1. The van der Waals surface area contributed by atoms with Crippen molar-refractivity contribution in [3.63, 3.8) is 0 Å². The number of rotatable bonds is 5. The molecule has 4 aromatic heterocycles. The molecule has 0 unspecified atom stereocenters. The number of aromatic amines is 2. The van der Waals surface area contributed by atoms with Gasteiger partial charge in [-0.15, -0.1) is 0 Å². The molecule has 0 atom stereocenters. The molecule has 0 aliphatic heterocycles. The van der Waals surface area contributed by atoms with Crippen LogP contribution in [-0.4, -0.2) is 45.2 Å². The maximum Gasteiger partial charge on any atom is 0.177 e. The normalized spacial score (nSPS) is 11.3. The molecular formula is C16H16N6O. The molecule has 7 heteroatoms. The molecule has 7 nitrogen and oxygen atoms in total. The van der Waals surface area contributed by atoms with E-state index in [1.807, 2.05) is 30.5 Å². The average molecular weight is 308 g/mol. The van der Waals surface area contributed by atoms with Gasteiger partial charge in [0.05, 0.1) is 24.1 Å². The highest BCUT2D eigenvalue weighted by Crippen LogP contribution is 2.29. The maximum absolute atomic E-state index is 5.07. The van der Waals surface area contributed by atoms with Crippen LogP contribution in [-0.2, 0) is 4.74 Å². The lowest BCUT2D eigenvalue weighted by molar-refractivity contribution is 0.210. The Hall–Kier alpha value is -2.93. The molecule has 23 heavy (non-hydrogen) atoms. The summed E-state index contributed by atoms with van der Waals surface area (Å²) < 4.78 is 5.07. The van der Waals surface area contributed by atoms with Crippen LogP contribution in [0.5, 0.6) is 0 Å². The predicted molar refractivity (Wildman–Crippen MR) is 89.3 cm³/mol. The van der Waals surface area contributed by atoms with Gasteiger partial charge in [0, 0.05) is 30.8 Å². The third-order valence-electron chi connectivity index (χ3n) is 3.70. The molecule has 0 saturated heterocycles. The lowest BCUT2D eigenvalue weighted by Gasteiger charge is -2.09. The SMILES string of the molecule is COCCNc1cc(-c2ccc3[nH]cnc3n2)c2cc[nH]c2n1. The highest BCUT2D eigenvalue weighted by Gasteiger charge is 2.11. The Bertz CT molecular complexity index is 957. The van der Waals surface area contributed by atoms with Crippen LogP contribution in [0, 0.1) is 0 Å². The topological polar surface area (TPSA) is 91.5 Å². The zero-order valence-electron chi connectivity index (χ0n) is 12.6. The number of hydrogen-bond acceptors (Lipinski definition) is 5. The zero-order chi connectivity index (χ0) is 15.6. The molecule has 0 aliphatic rings. The molecule has 4 heterocycles. The van der Waals surface area contributed by atoms with Gasteiger partial charge in [-0.2, -0.15) is 0 Å². The van der Waals surface area contributed by atoms with Crippen LogP contribution in [0.1, 0.15) is 0 Å². The largest absolute Gasteiger partial charge is 0.383 e. The molecule has 4 rings (SSSR count). The van der Waals surface area contributed by atoms with Crippen LogP contribution in [0.25, 0.3) is 33.5 Å². The number of hydrogen-bond donors (Lipinski definition) is 3. The van der Waals surface area contributed by atoms with Crippen molar-refractivity contribution in [2.75, 3.05) is 25.6 Å². The van der Waals surface area contributed by atoms with E-state index < -0.39 is 0 Å². The Kier molecular flexibility index (Phi) is 3.39. The van der Waals surface area contributed by atoms with Gasteiger partial charge in [0.1, 0.15) is 11.5 Å². The van der Waals surface area contributed by atoms with Gasteiger partial charge >= 0.3 is 0 Å². The van der Waals surface area contributed by atoms with Gasteiger partial charge in [0.15, 0.2) is 5.65 Å². The lowest BCUT2D eigenvalue weighted by atomic mass is 10.1. The van der Waals surface area contributed by atoms with Crippen molar-refractivity contribution in [1.82, 2.24) is 24.9 Å². The molecule has 0 spiro atoms. The first-order chi connectivity index (χ1) is 11.3. The summed E-state index contributed by atoms with van der Waals surface area (Å²) in [6.07, 6.45) is 3.53. The summed E-state index contributed by atoms with van der Waals surface area (Å²) in [4.78, 5) is 19.7. The Morgan fingerprint density at radius 3 is 3.04 bits per heavy atom. The van der Waals surface area contributed by atoms with Crippen molar-refractivity contribution >= 4 is 28.0 Å². The number of nitrogens with zero attached hydrogens (tertiary/aromatic N) is 3. The quantitative estimate of drug-likeness (QED) is 0.493. The minimum atomic E-state index is 0.622. The molecule has 0 amide bonds. The molecule has 0 aromatic carbocycles. The van der Waals surface area contributed by atoms with Gasteiger partial charge in [-0.05, 0) is 24.3 Å². The van der Waals surface area contributed by atoms with Crippen molar-refractivity contribution < 1.29 is 4.74 Å². The fourth-order valence-electron chi connectivity index (χ4n) is 2.59. The highest BCUT2D eigenvalue weighted by molar-refractivity contribution is 5.94. The summed E-state index contributed by atoms with van der Waals surface area (Å²) in [6, 6.07) is 7.99. The number of pyridine rings is 2. The fourth-order valence-corrected chi connectivity index (χ4v) is 2.59. The van der Waals surface area contributed by atoms with Crippen LogP contribution in [0.2, 0.25) is 0 Å². The van der Waals surface area contributed by atoms with E-state index in [1.54, 1.807) is 13.4 Å². The van der Waals surface area contributed by atoms with Crippen LogP contribution in [0.15, 0.2) is 36.8 Å². The summed E-state index contributed by atoms with van der Waals surface area (Å²) in [7, 11) is 1.68. The number of methoxy groups -OCH3 is 1. The average Bonchev–Trinajstić information content (AvgIpc) is 3.22. The molecule has 116 valence electrons. The number of H-pyrrole nitrogens is 2. The van der Waals surface area contributed by atoms with E-state index in [4.69, 9.17) is 4.74 Å². The number of nitrogens with one attached hydrogen (secondary N) is 3. The molecule has 3 N–H and O–H groups in total. The van der Waals surface area contributed by atoms with Gasteiger partial charge in [0.2, 0.25) is 0 Å². The molecular weight excluding hydrogens is 292 g/mol. The van der Waals surface area contributed by atoms with Crippen molar-refractivity contribution in [3.05, 3.63) is 36.8 Å². The second kappa shape index (κ2) is 5.69. The predicted octanol–water partition coefficient (Wildman–Crippen LogP) is 2.56. The van der Waals surface area contributed by atoms with Gasteiger partial charge in [-0.25, -0.2) is 15.0 Å². The van der Waals surface area contributed by atoms with Gasteiger partial charge in [-0.3, -0.25) is 0 Å². The number of aromatic nitrogens is 5. The second-order valence-corrected chi connectivity index (χ2v) is 5.18. The minimum Gasteiger partial charge on any atom is -0.383 e. The third-order valence-corrected chi connectivity index (χ3v) is 3.70. The van der Waals surface area contributed by atoms with Crippen molar-refractivity contribution in [1.29, 1.82) is 0 Å². The Labute approximate surface area is 132 Å². The number of ether oxygens (including phenoxy) is 1. The van der Waals surface area contributed by atoms with Crippen LogP contribution in [0.4, 0.5) is 5.82 Å². The maximum atomic E-state index is 5.07. The van der Waals surface area contributed by atoms with E-state index in [1.165, 1.54) is 0 Å². The molecule has 0 fully saturated rings. The van der Waals surface area contributed by atoms with E-state index in [0.29, 0.717) is 18.8 Å². The Morgan fingerprint density at radius 2 is 2.13 bits per heavy atom. The first kappa shape index (κ1) is 13.7. The summed E-state index contributed by atoms with van der Waals surface area (Å²) in [5, 5.41) is 4.30. The van der Waals surface area contributed by atoms with Crippen LogP contribution < -0.4 is 5.32 Å². The lowest BCUT2D eigenvalue weighted by Crippen LogP contribution is -2.09. The van der Waals surface area contributed by atoms with E-state index in [9.17, 15) is 0 Å². The molecule has 0 radical (unpaired) electrons.